The van der Waals surface area contributed by atoms with Crippen molar-refractivity contribution < 1.29 is 27.5 Å². The number of alkyl halides is 3. The first-order chi connectivity index (χ1) is 17.4. The van der Waals surface area contributed by atoms with Crippen molar-refractivity contribution in [1.29, 1.82) is 0 Å². The number of hydrogen-bond donors (Lipinski definition) is 2. The zero-order valence-corrected chi connectivity index (χ0v) is 21.7. The summed E-state index contributed by atoms with van der Waals surface area (Å²) in [5.74, 6) is -0.528. The number of nitrogens with two attached hydrogens (primary N) is 1. The van der Waals surface area contributed by atoms with Crippen LogP contribution in [0.5, 0.6) is 0 Å². The lowest BCUT2D eigenvalue weighted by Gasteiger charge is -2.38. The molecule has 0 saturated heterocycles. The summed E-state index contributed by atoms with van der Waals surface area (Å²) in [4.78, 5) is 24.7. The summed E-state index contributed by atoms with van der Waals surface area (Å²) < 4.78 is 44.2. The first-order valence-electron chi connectivity index (χ1n) is 12.9. The van der Waals surface area contributed by atoms with Gasteiger partial charge in [-0.15, -0.1) is 0 Å². The molecular formula is C29H37F3N2O3. The number of ether oxygens (including phenoxy) is 1. The summed E-state index contributed by atoms with van der Waals surface area (Å²) in [5.41, 5.74) is 7.53. The van der Waals surface area contributed by atoms with Crippen molar-refractivity contribution in [3.05, 3.63) is 70.8 Å². The van der Waals surface area contributed by atoms with Gasteiger partial charge in [-0.25, -0.2) is 0 Å². The molecule has 0 aromatic heterocycles. The number of carbonyl (C=O) groups excluding carboxylic acids is 2. The fourth-order valence-electron chi connectivity index (χ4n) is 4.98. The van der Waals surface area contributed by atoms with Crippen molar-refractivity contribution >= 4 is 11.9 Å². The molecule has 5 nitrogen and oxygen atoms in total. The lowest BCUT2D eigenvalue weighted by Crippen LogP contribution is -2.34. The van der Waals surface area contributed by atoms with Crippen LogP contribution < -0.4 is 11.1 Å². The van der Waals surface area contributed by atoms with Crippen LogP contribution in [0.3, 0.4) is 0 Å². The van der Waals surface area contributed by atoms with Gasteiger partial charge in [-0.2, -0.15) is 13.2 Å². The smallest absolute Gasteiger partial charge is 0.416 e. The minimum absolute atomic E-state index is 0.0795. The Morgan fingerprint density at radius 2 is 1.65 bits per heavy atom. The van der Waals surface area contributed by atoms with Gasteiger partial charge in [-0.1, -0.05) is 38.1 Å². The maximum atomic E-state index is 13.1. The lowest BCUT2D eigenvalue weighted by atomic mass is 9.68. The van der Waals surface area contributed by atoms with Crippen molar-refractivity contribution in [3.8, 4) is 0 Å². The zero-order valence-electron chi connectivity index (χ0n) is 21.7. The molecule has 1 aliphatic carbocycles. The van der Waals surface area contributed by atoms with E-state index in [-0.39, 0.29) is 29.8 Å². The van der Waals surface area contributed by atoms with Crippen LogP contribution in [0.2, 0.25) is 0 Å². The molecule has 1 saturated carbocycles. The Bertz CT molecular complexity index is 1040. The van der Waals surface area contributed by atoms with Gasteiger partial charge >= 0.3 is 12.1 Å². The summed E-state index contributed by atoms with van der Waals surface area (Å²) >= 11 is 0. The van der Waals surface area contributed by atoms with E-state index in [1.807, 2.05) is 0 Å². The molecule has 2 atom stereocenters. The molecule has 0 heterocycles. The van der Waals surface area contributed by atoms with Crippen molar-refractivity contribution in [2.75, 3.05) is 13.2 Å². The second-order valence-corrected chi connectivity index (χ2v) is 10.7. The number of hydrogen-bond acceptors (Lipinski definition) is 4. The number of nitrogens with one attached hydrogen (secondary N) is 1. The van der Waals surface area contributed by atoms with Crippen LogP contribution in [0.15, 0.2) is 48.5 Å². The van der Waals surface area contributed by atoms with Crippen LogP contribution in [0.4, 0.5) is 13.2 Å². The highest BCUT2D eigenvalue weighted by Gasteiger charge is 2.34. The Balaban J connectivity index is 1.68. The second-order valence-electron chi connectivity index (χ2n) is 10.7. The zero-order chi connectivity index (χ0) is 27.2. The standard InChI is InChI=1S/C29H37F3N2O3/c1-4-37-27(36)25(33)17-19-5-7-22(8-6-19)26(35)34-18-24(21-13-15-28(2,3)16-14-21)20-9-11-23(12-10-20)29(30,31)32/h5-12,21,24-25H,4,13-18,33H2,1-3H3,(H,34,35)/t24-,25-/m0/s1. The van der Waals surface area contributed by atoms with Gasteiger partial charge in [0.05, 0.1) is 12.2 Å². The van der Waals surface area contributed by atoms with Crippen LogP contribution in [-0.2, 0) is 22.1 Å². The molecule has 0 bridgehead atoms. The Labute approximate surface area is 217 Å². The van der Waals surface area contributed by atoms with Gasteiger partial charge in [0.25, 0.3) is 5.91 Å². The molecule has 37 heavy (non-hydrogen) atoms. The third-order valence-corrected chi connectivity index (χ3v) is 7.36. The average Bonchev–Trinajstić information content (AvgIpc) is 2.85. The maximum absolute atomic E-state index is 13.1. The highest BCUT2D eigenvalue weighted by atomic mass is 19.4. The molecule has 1 amide bonds. The Hall–Kier alpha value is -2.87. The molecule has 1 aliphatic rings. The van der Waals surface area contributed by atoms with Crippen LogP contribution in [0.25, 0.3) is 0 Å². The predicted molar refractivity (Wildman–Crippen MR) is 137 cm³/mol. The van der Waals surface area contributed by atoms with Gasteiger partial charge in [0.1, 0.15) is 6.04 Å². The van der Waals surface area contributed by atoms with Crippen molar-refractivity contribution in [3.63, 3.8) is 0 Å². The number of rotatable bonds is 9. The van der Waals surface area contributed by atoms with Gasteiger partial charge in [0, 0.05) is 18.0 Å². The van der Waals surface area contributed by atoms with Crippen molar-refractivity contribution in [2.45, 2.75) is 71.0 Å². The van der Waals surface area contributed by atoms with E-state index in [1.165, 1.54) is 0 Å². The SMILES string of the molecule is CCOC(=O)[C@@H](N)Cc1ccc(C(=O)NC[C@@H](c2ccc(C(F)(F)F)cc2)C2CCC(C)(C)CC2)cc1. The van der Waals surface area contributed by atoms with E-state index < -0.39 is 23.8 Å². The van der Waals surface area contributed by atoms with Crippen LogP contribution in [0, 0.1) is 11.3 Å². The predicted octanol–water partition coefficient (Wildman–Crippen LogP) is 5.87. The van der Waals surface area contributed by atoms with E-state index in [1.54, 1.807) is 43.3 Å². The lowest BCUT2D eigenvalue weighted by molar-refractivity contribution is -0.144. The summed E-state index contributed by atoms with van der Waals surface area (Å²) in [6, 6.07) is 11.4. The molecule has 2 aromatic rings. The number of esters is 1. The fraction of sp³-hybridized carbons (Fsp3) is 0.517. The van der Waals surface area contributed by atoms with E-state index >= 15 is 0 Å². The van der Waals surface area contributed by atoms with Gasteiger partial charge in [-0.05, 0) is 85.8 Å². The third-order valence-electron chi connectivity index (χ3n) is 7.36. The molecule has 2 aromatic carbocycles. The highest BCUT2D eigenvalue weighted by molar-refractivity contribution is 5.94. The number of amides is 1. The minimum Gasteiger partial charge on any atom is -0.465 e. The summed E-state index contributed by atoms with van der Waals surface area (Å²) in [7, 11) is 0. The molecule has 0 unspecified atom stereocenters. The second kappa shape index (κ2) is 12.1. The topological polar surface area (TPSA) is 81.4 Å². The molecule has 8 heteroatoms. The van der Waals surface area contributed by atoms with Crippen molar-refractivity contribution in [2.24, 2.45) is 17.1 Å². The summed E-state index contributed by atoms with van der Waals surface area (Å²) in [5, 5.41) is 3.00. The van der Waals surface area contributed by atoms with Crippen LogP contribution in [0.1, 0.15) is 79.4 Å². The normalized spacial score (nSPS) is 17.6. The molecular weight excluding hydrogens is 481 g/mol. The molecule has 0 aliphatic heterocycles. The first kappa shape index (κ1) is 28.7. The summed E-state index contributed by atoms with van der Waals surface area (Å²) in [6.45, 7) is 6.79. The van der Waals surface area contributed by atoms with Crippen LogP contribution >= 0.6 is 0 Å². The summed E-state index contributed by atoms with van der Waals surface area (Å²) in [6.07, 6.45) is -0.0809. The molecule has 0 radical (unpaired) electrons. The van der Waals surface area contributed by atoms with E-state index in [9.17, 15) is 22.8 Å². The minimum atomic E-state index is -4.39. The fourth-order valence-corrected chi connectivity index (χ4v) is 4.98. The van der Waals surface area contributed by atoms with E-state index in [2.05, 4.69) is 19.2 Å². The van der Waals surface area contributed by atoms with E-state index in [0.29, 0.717) is 18.5 Å². The monoisotopic (exact) mass is 518 g/mol. The molecule has 1 fully saturated rings. The number of carbonyl (C=O) groups is 2. The van der Waals surface area contributed by atoms with Gasteiger partial charge < -0.3 is 15.8 Å². The molecule has 202 valence electrons. The Kier molecular flexibility index (Phi) is 9.40. The first-order valence-corrected chi connectivity index (χ1v) is 12.9. The van der Waals surface area contributed by atoms with Gasteiger partial charge in [0.2, 0.25) is 0 Å². The van der Waals surface area contributed by atoms with E-state index in [0.717, 1.165) is 48.9 Å². The quantitative estimate of drug-likeness (QED) is 0.407. The van der Waals surface area contributed by atoms with Crippen LogP contribution in [-0.4, -0.2) is 31.1 Å². The number of halogens is 3. The largest absolute Gasteiger partial charge is 0.465 e. The molecule has 3 N–H and O–H groups in total. The Morgan fingerprint density at radius 1 is 1.05 bits per heavy atom. The average molecular weight is 519 g/mol. The molecule has 3 rings (SSSR count). The maximum Gasteiger partial charge on any atom is 0.416 e. The number of benzene rings is 2. The van der Waals surface area contributed by atoms with Gasteiger partial charge in [-0.3, -0.25) is 9.59 Å². The van der Waals surface area contributed by atoms with Crippen molar-refractivity contribution in [1.82, 2.24) is 5.32 Å². The van der Waals surface area contributed by atoms with Gasteiger partial charge in [0.15, 0.2) is 0 Å². The highest BCUT2D eigenvalue weighted by Crippen LogP contribution is 2.43. The third kappa shape index (κ3) is 8.06. The Morgan fingerprint density at radius 3 is 2.19 bits per heavy atom. The molecule has 0 spiro atoms. The van der Waals surface area contributed by atoms with E-state index in [4.69, 9.17) is 10.5 Å².